The first kappa shape index (κ1) is 15.4. The van der Waals surface area contributed by atoms with Crippen molar-refractivity contribution >= 4 is 22.4 Å². The van der Waals surface area contributed by atoms with Crippen molar-refractivity contribution in [1.82, 2.24) is 4.98 Å². The quantitative estimate of drug-likeness (QED) is 0.907. The molecule has 2 aromatic rings. The molecule has 0 fully saturated rings. The van der Waals surface area contributed by atoms with Crippen LogP contribution in [0.3, 0.4) is 0 Å². The third-order valence-corrected chi connectivity index (χ3v) is 3.39. The summed E-state index contributed by atoms with van der Waals surface area (Å²) < 4.78 is 28.4. The molecule has 21 heavy (non-hydrogen) atoms. The minimum absolute atomic E-state index is 0.0947. The van der Waals surface area contributed by atoms with E-state index >= 15 is 0 Å². The zero-order valence-electron chi connectivity index (χ0n) is 11.5. The smallest absolute Gasteiger partial charge is 0.387 e. The van der Waals surface area contributed by atoms with E-state index in [-0.39, 0.29) is 17.6 Å². The Hall–Kier alpha value is -2.02. The van der Waals surface area contributed by atoms with Gasteiger partial charge in [-0.05, 0) is 24.3 Å². The molecule has 112 valence electrons. The van der Waals surface area contributed by atoms with Gasteiger partial charge in [0.1, 0.15) is 5.75 Å². The lowest BCUT2D eigenvalue weighted by Crippen LogP contribution is -2.17. The van der Waals surface area contributed by atoms with Crippen LogP contribution in [0.25, 0.3) is 11.3 Å². The maximum absolute atomic E-state index is 12.1. The Kier molecular flexibility index (Phi) is 4.85. The number of rotatable bonds is 5. The first-order valence-corrected chi connectivity index (χ1v) is 7.15. The number of ether oxygens (including phenoxy) is 1. The Morgan fingerprint density at radius 2 is 1.95 bits per heavy atom. The van der Waals surface area contributed by atoms with Crippen LogP contribution in [0.4, 0.5) is 13.9 Å². The van der Waals surface area contributed by atoms with E-state index in [0.717, 1.165) is 5.56 Å². The number of carbonyl (C=O) groups is 1. The van der Waals surface area contributed by atoms with Crippen LogP contribution < -0.4 is 10.1 Å². The average Bonchev–Trinajstić information content (AvgIpc) is 2.87. The van der Waals surface area contributed by atoms with E-state index in [2.05, 4.69) is 15.0 Å². The molecule has 1 aromatic heterocycles. The van der Waals surface area contributed by atoms with Crippen LogP contribution in [0, 0.1) is 5.92 Å². The van der Waals surface area contributed by atoms with E-state index in [0.29, 0.717) is 10.8 Å². The lowest BCUT2D eigenvalue weighted by Gasteiger charge is -2.05. The summed E-state index contributed by atoms with van der Waals surface area (Å²) in [6.45, 7) is 0.755. The van der Waals surface area contributed by atoms with E-state index in [9.17, 15) is 13.6 Å². The average molecular weight is 312 g/mol. The Morgan fingerprint density at radius 3 is 2.52 bits per heavy atom. The lowest BCUT2D eigenvalue weighted by molar-refractivity contribution is -0.118. The fourth-order valence-electron chi connectivity index (χ4n) is 1.52. The number of nitrogens with one attached hydrogen (secondary N) is 1. The van der Waals surface area contributed by atoms with Crippen molar-refractivity contribution in [1.29, 1.82) is 0 Å². The van der Waals surface area contributed by atoms with E-state index in [4.69, 9.17) is 0 Å². The van der Waals surface area contributed by atoms with Gasteiger partial charge in [-0.2, -0.15) is 8.78 Å². The molecular weight excluding hydrogens is 298 g/mol. The van der Waals surface area contributed by atoms with Crippen LogP contribution in [-0.2, 0) is 4.79 Å². The van der Waals surface area contributed by atoms with Gasteiger partial charge in [0, 0.05) is 16.9 Å². The number of nitrogens with zero attached hydrogens (tertiary/aromatic N) is 1. The minimum atomic E-state index is -2.84. The number of hydrogen-bond donors (Lipinski definition) is 1. The number of hydrogen-bond acceptors (Lipinski definition) is 4. The van der Waals surface area contributed by atoms with Gasteiger partial charge < -0.3 is 10.1 Å². The highest BCUT2D eigenvalue weighted by Gasteiger charge is 2.11. The summed E-state index contributed by atoms with van der Waals surface area (Å²) in [4.78, 5) is 15.9. The zero-order chi connectivity index (χ0) is 15.4. The molecule has 0 atom stereocenters. The molecular formula is C14H14F2N2O2S. The van der Waals surface area contributed by atoms with Crippen molar-refractivity contribution in [3.63, 3.8) is 0 Å². The molecule has 0 aliphatic carbocycles. The number of carbonyl (C=O) groups excluding carboxylic acids is 1. The van der Waals surface area contributed by atoms with E-state index < -0.39 is 6.61 Å². The number of alkyl halides is 2. The monoisotopic (exact) mass is 312 g/mol. The van der Waals surface area contributed by atoms with E-state index in [1.807, 2.05) is 0 Å². The third-order valence-electron chi connectivity index (χ3n) is 2.63. The van der Waals surface area contributed by atoms with Crippen LogP contribution in [0.15, 0.2) is 29.6 Å². The molecule has 0 aliphatic rings. The second-order valence-electron chi connectivity index (χ2n) is 4.58. The SMILES string of the molecule is CC(C)C(=O)Nc1nc(-c2ccc(OC(F)F)cc2)cs1. The lowest BCUT2D eigenvalue weighted by atomic mass is 10.2. The molecule has 7 heteroatoms. The Labute approximate surface area is 124 Å². The number of aromatic nitrogens is 1. The molecule has 0 aliphatic heterocycles. The topological polar surface area (TPSA) is 51.2 Å². The number of benzene rings is 1. The van der Waals surface area contributed by atoms with Crippen molar-refractivity contribution in [2.24, 2.45) is 5.92 Å². The largest absolute Gasteiger partial charge is 0.435 e. The summed E-state index contributed by atoms with van der Waals surface area (Å²) >= 11 is 1.31. The molecule has 0 saturated heterocycles. The van der Waals surface area contributed by atoms with Crippen LogP contribution in [0.2, 0.25) is 0 Å². The third kappa shape index (κ3) is 4.22. The Bertz CT molecular complexity index is 612. The molecule has 4 nitrogen and oxygen atoms in total. The van der Waals surface area contributed by atoms with E-state index in [1.165, 1.54) is 23.5 Å². The van der Waals surface area contributed by atoms with Crippen molar-refractivity contribution in [3.05, 3.63) is 29.6 Å². The normalized spacial score (nSPS) is 11.0. The highest BCUT2D eigenvalue weighted by Crippen LogP contribution is 2.27. The summed E-state index contributed by atoms with van der Waals surface area (Å²) in [6, 6.07) is 6.18. The van der Waals surface area contributed by atoms with Gasteiger partial charge in [-0.3, -0.25) is 4.79 Å². The Morgan fingerprint density at radius 1 is 1.29 bits per heavy atom. The molecule has 0 saturated carbocycles. The first-order valence-electron chi connectivity index (χ1n) is 6.27. The predicted molar refractivity (Wildman–Crippen MR) is 77.6 cm³/mol. The second-order valence-corrected chi connectivity index (χ2v) is 5.44. The van der Waals surface area contributed by atoms with Crippen LogP contribution in [0.1, 0.15) is 13.8 Å². The van der Waals surface area contributed by atoms with E-state index in [1.54, 1.807) is 31.4 Å². The summed E-state index contributed by atoms with van der Waals surface area (Å²) in [5.41, 5.74) is 1.43. The van der Waals surface area contributed by atoms with Crippen molar-refractivity contribution in [3.8, 4) is 17.0 Å². The molecule has 1 N–H and O–H groups in total. The maximum Gasteiger partial charge on any atom is 0.387 e. The van der Waals surface area contributed by atoms with Crippen molar-refractivity contribution in [2.45, 2.75) is 20.5 Å². The van der Waals surface area contributed by atoms with Gasteiger partial charge in [0.05, 0.1) is 5.69 Å². The standard InChI is InChI=1S/C14H14F2N2O2S/c1-8(2)12(19)18-14-17-11(7-21-14)9-3-5-10(6-4-9)20-13(15)16/h3-8,13H,1-2H3,(H,17,18,19). The van der Waals surface area contributed by atoms with Gasteiger partial charge in [0.2, 0.25) is 5.91 Å². The second kappa shape index (κ2) is 6.62. The zero-order valence-corrected chi connectivity index (χ0v) is 12.3. The molecule has 0 unspecified atom stereocenters. The van der Waals surface area contributed by atoms with Gasteiger partial charge in [0.25, 0.3) is 0 Å². The molecule has 1 heterocycles. The number of anilines is 1. The molecule has 0 bridgehead atoms. The Balaban J connectivity index is 2.09. The molecule has 0 spiro atoms. The molecule has 1 aromatic carbocycles. The first-order chi connectivity index (χ1) is 9.95. The minimum Gasteiger partial charge on any atom is -0.435 e. The molecule has 2 rings (SSSR count). The predicted octanol–water partition coefficient (Wildman–Crippen LogP) is 4.01. The van der Waals surface area contributed by atoms with Gasteiger partial charge >= 0.3 is 6.61 Å². The maximum atomic E-state index is 12.1. The number of thiazole rings is 1. The van der Waals surface area contributed by atoms with Gasteiger partial charge in [-0.15, -0.1) is 11.3 Å². The number of halogens is 2. The van der Waals surface area contributed by atoms with Crippen LogP contribution in [-0.4, -0.2) is 17.5 Å². The fraction of sp³-hybridized carbons (Fsp3) is 0.286. The van der Waals surface area contributed by atoms with Gasteiger partial charge in [-0.1, -0.05) is 13.8 Å². The van der Waals surface area contributed by atoms with Crippen molar-refractivity contribution < 1.29 is 18.3 Å². The van der Waals surface area contributed by atoms with Crippen LogP contribution >= 0.6 is 11.3 Å². The van der Waals surface area contributed by atoms with Crippen molar-refractivity contribution in [2.75, 3.05) is 5.32 Å². The van der Waals surface area contributed by atoms with Crippen LogP contribution in [0.5, 0.6) is 5.75 Å². The fourth-order valence-corrected chi connectivity index (χ4v) is 2.24. The summed E-state index contributed by atoms with van der Waals surface area (Å²) in [5, 5.41) is 5.01. The highest BCUT2D eigenvalue weighted by atomic mass is 32.1. The summed E-state index contributed by atoms with van der Waals surface area (Å²) in [5.74, 6) is -0.128. The van der Waals surface area contributed by atoms with Gasteiger partial charge in [0.15, 0.2) is 5.13 Å². The number of amides is 1. The van der Waals surface area contributed by atoms with Gasteiger partial charge in [-0.25, -0.2) is 4.98 Å². The summed E-state index contributed by atoms with van der Waals surface area (Å²) in [7, 11) is 0. The highest BCUT2D eigenvalue weighted by molar-refractivity contribution is 7.14. The summed E-state index contributed by atoms with van der Waals surface area (Å²) in [6.07, 6.45) is 0. The molecule has 1 amide bonds. The molecule has 0 radical (unpaired) electrons.